The Labute approximate surface area is 200 Å². The summed E-state index contributed by atoms with van der Waals surface area (Å²) in [7, 11) is 0. The molecule has 0 radical (unpaired) electrons. The second-order valence-electron chi connectivity index (χ2n) is 10.3. The molecule has 3 heterocycles. The third-order valence-electron chi connectivity index (χ3n) is 6.67. The topological polar surface area (TPSA) is 95.0 Å². The minimum atomic E-state index is -0.489. The van der Waals surface area contributed by atoms with Crippen molar-refractivity contribution >= 4 is 11.7 Å². The molecule has 2 aromatic heterocycles. The van der Waals surface area contributed by atoms with E-state index in [0.717, 1.165) is 42.9 Å². The van der Waals surface area contributed by atoms with Crippen LogP contribution in [-0.4, -0.2) is 44.3 Å². The summed E-state index contributed by atoms with van der Waals surface area (Å²) in [4.78, 5) is 14.2. The number of likely N-dealkylation sites (tertiary alicyclic amines) is 1. The van der Waals surface area contributed by atoms with E-state index in [-0.39, 0.29) is 24.2 Å². The van der Waals surface area contributed by atoms with Gasteiger partial charge in [0.25, 0.3) is 0 Å². The van der Waals surface area contributed by atoms with Gasteiger partial charge in [-0.15, -0.1) is 10.2 Å². The number of rotatable bonds is 3. The molecule has 2 N–H and O–H groups in total. The average Bonchev–Trinajstić information content (AvgIpc) is 3.23. The van der Waals surface area contributed by atoms with E-state index >= 15 is 0 Å². The Balaban J connectivity index is 1.31. The smallest absolute Gasteiger partial charge is 0.410 e. The van der Waals surface area contributed by atoms with Crippen LogP contribution >= 0.6 is 0 Å². The van der Waals surface area contributed by atoms with E-state index in [9.17, 15) is 4.79 Å². The van der Waals surface area contributed by atoms with Crippen molar-refractivity contribution in [2.24, 2.45) is 5.73 Å². The molecule has 0 saturated carbocycles. The summed E-state index contributed by atoms with van der Waals surface area (Å²) in [5.41, 5.74) is 8.96. The number of aromatic nitrogens is 3. The molecule has 2 aliphatic rings. The van der Waals surface area contributed by atoms with E-state index in [0.29, 0.717) is 13.1 Å². The fraction of sp³-hybridized carbons (Fsp3) is 0.500. The number of amides is 1. The van der Waals surface area contributed by atoms with E-state index in [1.165, 1.54) is 11.1 Å². The van der Waals surface area contributed by atoms with Crippen LogP contribution in [0.5, 0.6) is 5.75 Å². The summed E-state index contributed by atoms with van der Waals surface area (Å²) in [5, 5.41) is 8.85. The normalized spacial score (nSPS) is 21.4. The van der Waals surface area contributed by atoms with E-state index in [4.69, 9.17) is 15.2 Å². The number of ether oxygens (including phenoxy) is 2. The lowest BCUT2D eigenvalue weighted by Gasteiger charge is -2.33. The van der Waals surface area contributed by atoms with Gasteiger partial charge in [0.2, 0.25) is 0 Å². The fourth-order valence-electron chi connectivity index (χ4n) is 4.95. The Morgan fingerprint density at radius 3 is 2.47 bits per heavy atom. The Morgan fingerprint density at radius 2 is 1.74 bits per heavy atom. The van der Waals surface area contributed by atoms with Gasteiger partial charge in [0.15, 0.2) is 5.65 Å². The van der Waals surface area contributed by atoms with Crippen molar-refractivity contribution in [2.75, 3.05) is 13.1 Å². The van der Waals surface area contributed by atoms with Crippen LogP contribution in [0.25, 0.3) is 5.65 Å². The maximum absolute atomic E-state index is 12.4. The zero-order chi connectivity index (χ0) is 23.9. The minimum Gasteiger partial charge on any atom is -0.484 e. The summed E-state index contributed by atoms with van der Waals surface area (Å²) in [6.07, 6.45) is 5.14. The number of carbonyl (C=O) groups is 1. The van der Waals surface area contributed by atoms with Gasteiger partial charge in [-0.1, -0.05) is 24.3 Å². The van der Waals surface area contributed by atoms with E-state index < -0.39 is 5.60 Å². The molecule has 8 heteroatoms. The quantitative estimate of drug-likeness (QED) is 0.602. The maximum Gasteiger partial charge on any atom is 0.410 e. The van der Waals surface area contributed by atoms with Crippen LogP contribution in [0, 0.1) is 0 Å². The number of pyridine rings is 1. The van der Waals surface area contributed by atoms with Gasteiger partial charge in [0.1, 0.15) is 23.3 Å². The maximum atomic E-state index is 12.4. The molecule has 3 aromatic rings. The monoisotopic (exact) mass is 463 g/mol. The highest BCUT2D eigenvalue weighted by atomic mass is 16.6. The van der Waals surface area contributed by atoms with Crippen LogP contribution in [0.4, 0.5) is 4.79 Å². The van der Waals surface area contributed by atoms with Gasteiger partial charge in [-0.2, -0.15) is 0 Å². The molecule has 180 valence electrons. The molecule has 8 nitrogen and oxygen atoms in total. The van der Waals surface area contributed by atoms with Gasteiger partial charge in [0, 0.05) is 25.0 Å². The van der Waals surface area contributed by atoms with Gasteiger partial charge >= 0.3 is 6.09 Å². The van der Waals surface area contributed by atoms with Gasteiger partial charge < -0.3 is 20.1 Å². The molecule has 1 amide bonds. The van der Waals surface area contributed by atoms with Crippen molar-refractivity contribution in [2.45, 2.75) is 70.1 Å². The number of benzene rings is 1. The summed E-state index contributed by atoms with van der Waals surface area (Å²) in [6, 6.07) is 12.2. The largest absolute Gasteiger partial charge is 0.484 e. The Bertz CT molecular complexity index is 1180. The van der Waals surface area contributed by atoms with E-state index in [1.54, 1.807) is 4.90 Å². The van der Waals surface area contributed by atoms with Crippen molar-refractivity contribution in [1.29, 1.82) is 0 Å². The van der Waals surface area contributed by atoms with Crippen molar-refractivity contribution in [3.05, 3.63) is 59.5 Å². The van der Waals surface area contributed by atoms with Crippen LogP contribution < -0.4 is 10.5 Å². The Morgan fingerprint density at radius 1 is 1.00 bits per heavy atom. The molecule has 0 bridgehead atoms. The number of hydrogen-bond acceptors (Lipinski definition) is 6. The number of piperidine rings is 1. The number of fused-ring (bicyclic) bond motifs is 2. The number of carbonyl (C=O) groups excluding carboxylic acids is 1. The van der Waals surface area contributed by atoms with Crippen LogP contribution in [0.1, 0.15) is 81.5 Å². The van der Waals surface area contributed by atoms with Crippen LogP contribution in [0.15, 0.2) is 42.6 Å². The number of nitrogens with two attached hydrogens (primary N) is 1. The summed E-state index contributed by atoms with van der Waals surface area (Å²) >= 11 is 0. The summed E-state index contributed by atoms with van der Waals surface area (Å²) in [5.74, 6) is 1.92. The first kappa shape index (κ1) is 22.7. The predicted molar refractivity (Wildman–Crippen MR) is 129 cm³/mol. The second kappa shape index (κ2) is 8.91. The lowest BCUT2D eigenvalue weighted by molar-refractivity contribution is 0.0203. The van der Waals surface area contributed by atoms with Crippen molar-refractivity contribution < 1.29 is 14.3 Å². The fourth-order valence-corrected chi connectivity index (χ4v) is 4.95. The molecule has 2 unspecified atom stereocenters. The molecule has 0 spiro atoms. The second-order valence-corrected chi connectivity index (χ2v) is 10.3. The van der Waals surface area contributed by atoms with Gasteiger partial charge in [-0.3, -0.25) is 4.40 Å². The molecule has 34 heavy (non-hydrogen) atoms. The molecule has 1 aliphatic carbocycles. The molecule has 1 fully saturated rings. The standard InChI is InChI=1S/C26H33N5O3/c1-26(2,3)34-25(32)30-14-12-17(13-15-30)24-29-28-23-11-8-18(16-31(23)24)33-22-10-9-21(27)19-6-4-5-7-20(19)22/h4-8,11,16-17,21-22H,9-10,12-15,27H2,1-3H3. The Hall–Kier alpha value is -3.13. The molecule has 1 aromatic carbocycles. The van der Waals surface area contributed by atoms with E-state index in [1.807, 2.05) is 55.6 Å². The molecule has 5 rings (SSSR count). The van der Waals surface area contributed by atoms with Crippen molar-refractivity contribution in [3.63, 3.8) is 0 Å². The van der Waals surface area contributed by atoms with E-state index in [2.05, 4.69) is 22.3 Å². The first-order valence-corrected chi connectivity index (χ1v) is 12.1. The Kier molecular flexibility index (Phi) is 5.93. The van der Waals surface area contributed by atoms with Gasteiger partial charge in [0.05, 0.1) is 6.20 Å². The summed E-state index contributed by atoms with van der Waals surface area (Å²) in [6.45, 7) is 6.95. The number of hydrogen-bond donors (Lipinski definition) is 1. The summed E-state index contributed by atoms with van der Waals surface area (Å²) < 4.78 is 14.0. The number of nitrogens with zero attached hydrogens (tertiary/aromatic N) is 4. The average molecular weight is 464 g/mol. The van der Waals surface area contributed by atoms with Crippen LogP contribution in [0.3, 0.4) is 0 Å². The molecular formula is C26H33N5O3. The van der Waals surface area contributed by atoms with Crippen LogP contribution in [-0.2, 0) is 4.74 Å². The highest BCUT2D eigenvalue weighted by Crippen LogP contribution is 2.38. The van der Waals surface area contributed by atoms with Crippen molar-refractivity contribution in [1.82, 2.24) is 19.5 Å². The minimum absolute atomic E-state index is 0.0227. The lowest BCUT2D eigenvalue weighted by Crippen LogP contribution is -2.41. The van der Waals surface area contributed by atoms with Gasteiger partial charge in [-0.05, 0) is 69.7 Å². The zero-order valence-corrected chi connectivity index (χ0v) is 20.1. The molecule has 1 aliphatic heterocycles. The molecular weight excluding hydrogens is 430 g/mol. The van der Waals surface area contributed by atoms with Crippen molar-refractivity contribution in [3.8, 4) is 5.75 Å². The van der Waals surface area contributed by atoms with Crippen LogP contribution in [0.2, 0.25) is 0 Å². The third kappa shape index (κ3) is 4.59. The third-order valence-corrected chi connectivity index (χ3v) is 6.67. The SMILES string of the molecule is CC(C)(C)OC(=O)N1CCC(c2nnc3ccc(OC4CCC(N)c5ccccc54)cn23)CC1. The molecule has 2 atom stereocenters. The lowest BCUT2D eigenvalue weighted by atomic mass is 9.86. The zero-order valence-electron chi connectivity index (χ0n) is 20.1. The predicted octanol–water partition coefficient (Wildman–Crippen LogP) is 4.76. The highest BCUT2D eigenvalue weighted by molar-refractivity contribution is 5.68. The highest BCUT2D eigenvalue weighted by Gasteiger charge is 2.30. The first-order valence-electron chi connectivity index (χ1n) is 12.1. The molecule has 1 saturated heterocycles. The first-order chi connectivity index (χ1) is 16.3. The van der Waals surface area contributed by atoms with Gasteiger partial charge in [-0.25, -0.2) is 4.79 Å².